The van der Waals surface area contributed by atoms with Gasteiger partial charge in [0.15, 0.2) is 11.3 Å². The maximum absolute atomic E-state index is 12.0. The first kappa shape index (κ1) is 12.3. The minimum absolute atomic E-state index is 0.0377. The number of hydrogen-bond donors (Lipinski definition) is 1. The summed E-state index contributed by atoms with van der Waals surface area (Å²) in [5.41, 5.74) is 0.736. The van der Waals surface area contributed by atoms with E-state index in [1.165, 1.54) is 16.8 Å². The molecule has 0 aliphatic rings. The lowest BCUT2D eigenvalue weighted by atomic mass is 10.1. The van der Waals surface area contributed by atoms with Crippen LogP contribution in [0.2, 0.25) is 5.15 Å². The SMILES string of the molecule is O=C(Cn1nc(Cl)ccc1=NO)c1ccccc1. The fourth-order valence-corrected chi connectivity index (χ4v) is 1.64. The number of rotatable bonds is 3. The number of ketones is 1. The van der Waals surface area contributed by atoms with E-state index in [2.05, 4.69) is 10.3 Å². The van der Waals surface area contributed by atoms with E-state index in [1.807, 2.05) is 6.07 Å². The van der Waals surface area contributed by atoms with Crippen molar-refractivity contribution < 1.29 is 10.0 Å². The van der Waals surface area contributed by atoms with Gasteiger partial charge < -0.3 is 5.21 Å². The summed E-state index contributed by atoms with van der Waals surface area (Å²) in [5, 5.41) is 16.0. The fourth-order valence-electron chi connectivity index (χ4n) is 1.48. The second-order valence-corrected chi connectivity index (χ2v) is 3.95. The van der Waals surface area contributed by atoms with Gasteiger partial charge in [0.25, 0.3) is 0 Å². The molecule has 1 N–H and O–H groups in total. The average molecular weight is 264 g/mol. The molecule has 0 unspecified atom stereocenters. The smallest absolute Gasteiger partial charge is 0.188 e. The predicted molar refractivity (Wildman–Crippen MR) is 65.4 cm³/mol. The molecular weight excluding hydrogens is 254 g/mol. The maximum Gasteiger partial charge on any atom is 0.188 e. The van der Waals surface area contributed by atoms with Gasteiger partial charge in [-0.15, -0.1) is 0 Å². The van der Waals surface area contributed by atoms with Gasteiger partial charge in [0.1, 0.15) is 11.7 Å². The van der Waals surface area contributed by atoms with Crippen LogP contribution in [0, 0.1) is 0 Å². The molecule has 0 spiro atoms. The summed E-state index contributed by atoms with van der Waals surface area (Å²) in [6, 6.07) is 11.8. The van der Waals surface area contributed by atoms with E-state index >= 15 is 0 Å². The van der Waals surface area contributed by atoms with Crippen molar-refractivity contribution >= 4 is 17.4 Å². The maximum atomic E-state index is 12.0. The minimum Gasteiger partial charge on any atom is -0.409 e. The molecule has 92 valence electrons. The van der Waals surface area contributed by atoms with E-state index in [-0.39, 0.29) is 23.0 Å². The van der Waals surface area contributed by atoms with Crippen LogP contribution in [0.3, 0.4) is 0 Å². The molecule has 0 saturated heterocycles. The van der Waals surface area contributed by atoms with Gasteiger partial charge in [-0.25, -0.2) is 4.68 Å². The highest BCUT2D eigenvalue weighted by Crippen LogP contribution is 2.02. The molecule has 5 nitrogen and oxygen atoms in total. The third kappa shape index (κ3) is 2.75. The van der Waals surface area contributed by atoms with Crippen LogP contribution in [0.4, 0.5) is 0 Å². The van der Waals surface area contributed by atoms with Crippen LogP contribution in [-0.2, 0) is 6.54 Å². The molecule has 6 heteroatoms. The van der Waals surface area contributed by atoms with E-state index in [1.54, 1.807) is 24.3 Å². The fraction of sp³-hybridized carbons (Fsp3) is 0.0833. The molecule has 0 bridgehead atoms. The van der Waals surface area contributed by atoms with Crippen LogP contribution in [-0.4, -0.2) is 20.8 Å². The number of Topliss-reactive ketones (excluding diaryl/α,β-unsaturated/α-hetero) is 1. The lowest BCUT2D eigenvalue weighted by molar-refractivity contribution is 0.0964. The molecule has 1 aromatic heterocycles. The molecule has 18 heavy (non-hydrogen) atoms. The second-order valence-electron chi connectivity index (χ2n) is 3.56. The van der Waals surface area contributed by atoms with Crippen LogP contribution >= 0.6 is 11.6 Å². The summed E-state index contributed by atoms with van der Waals surface area (Å²) in [6.07, 6.45) is 0. The van der Waals surface area contributed by atoms with Crippen molar-refractivity contribution in [1.82, 2.24) is 9.78 Å². The highest BCUT2D eigenvalue weighted by molar-refractivity contribution is 6.29. The largest absolute Gasteiger partial charge is 0.409 e. The Morgan fingerprint density at radius 3 is 2.67 bits per heavy atom. The average Bonchev–Trinajstić information content (AvgIpc) is 2.40. The van der Waals surface area contributed by atoms with E-state index in [4.69, 9.17) is 16.8 Å². The van der Waals surface area contributed by atoms with E-state index in [0.29, 0.717) is 5.56 Å². The lowest BCUT2D eigenvalue weighted by Gasteiger charge is -2.05. The van der Waals surface area contributed by atoms with Gasteiger partial charge in [0.05, 0.1) is 0 Å². The monoisotopic (exact) mass is 263 g/mol. The molecule has 0 saturated carbocycles. The summed E-state index contributed by atoms with van der Waals surface area (Å²) in [5.74, 6) is -0.139. The first-order valence-electron chi connectivity index (χ1n) is 5.21. The summed E-state index contributed by atoms with van der Waals surface area (Å²) < 4.78 is 1.25. The molecule has 2 rings (SSSR count). The van der Waals surface area contributed by atoms with Crippen molar-refractivity contribution in [2.24, 2.45) is 5.16 Å². The van der Waals surface area contributed by atoms with Gasteiger partial charge in [-0.1, -0.05) is 47.1 Å². The Morgan fingerprint density at radius 2 is 2.00 bits per heavy atom. The van der Waals surface area contributed by atoms with Crippen molar-refractivity contribution in [1.29, 1.82) is 0 Å². The van der Waals surface area contributed by atoms with Crippen molar-refractivity contribution in [3.63, 3.8) is 0 Å². The molecule has 0 aliphatic heterocycles. The van der Waals surface area contributed by atoms with Gasteiger partial charge in [-0.3, -0.25) is 4.79 Å². The molecule has 1 heterocycles. The third-order valence-corrected chi connectivity index (χ3v) is 2.54. The highest BCUT2D eigenvalue weighted by Gasteiger charge is 2.08. The van der Waals surface area contributed by atoms with Gasteiger partial charge in [-0.2, -0.15) is 5.10 Å². The zero-order valence-corrected chi connectivity index (χ0v) is 10.1. The predicted octanol–water partition coefficient (Wildman–Crippen LogP) is 1.71. The van der Waals surface area contributed by atoms with Gasteiger partial charge in [0, 0.05) is 5.56 Å². The number of benzene rings is 1. The second kappa shape index (κ2) is 5.46. The molecule has 0 fully saturated rings. The highest BCUT2D eigenvalue weighted by atomic mass is 35.5. The zero-order valence-electron chi connectivity index (χ0n) is 9.32. The molecule has 1 aromatic carbocycles. The Kier molecular flexibility index (Phi) is 3.74. The first-order chi connectivity index (χ1) is 8.70. The van der Waals surface area contributed by atoms with E-state index < -0.39 is 0 Å². The number of aromatic nitrogens is 2. The van der Waals surface area contributed by atoms with E-state index in [9.17, 15) is 4.79 Å². The van der Waals surface area contributed by atoms with Gasteiger partial charge in [0.2, 0.25) is 0 Å². The Hall–Kier alpha value is -2.14. The normalized spacial score (nSPS) is 11.5. The first-order valence-corrected chi connectivity index (χ1v) is 5.58. The molecule has 0 aliphatic carbocycles. The Morgan fingerprint density at radius 1 is 1.28 bits per heavy atom. The van der Waals surface area contributed by atoms with Crippen molar-refractivity contribution in [2.45, 2.75) is 6.54 Å². The summed E-state index contributed by atoms with van der Waals surface area (Å²) in [6.45, 7) is -0.0377. The Balaban J connectivity index is 2.30. The summed E-state index contributed by atoms with van der Waals surface area (Å²) in [7, 11) is 0. The Bertz CT molecular complexity index is 623. The topological polar surface area (TPSA) is 67.5 Å². The van der Waals surface area contributed by atoms with Crippen molar-refractivity contribution in [3.05, 3.63) is 58.7 Å². The number of nitrogens with zero attached hydrogens (tertiary/aromatic N) is 3. The van der Waals surface area contributed by atoms with Crippen LogP contribution in [0.15, 0.2) is 47.6 Å². The third-order valence-electron chi connectivity index (χ3n) is 2.34. The number of carbonyl (C=O) groups excluding carboxylic acids is 1. The standard InChI is InChI=1S/C12H10ClN3O2/c13-11-6-7-12(15-18)16(14-11)8-10(17)9-4-2-1-3-5-9/h1-7,18H,8H2. The lowest BCUT2D eigenvalue weighted by Crippen LogP contribution is -2.27. The van der Waals surface area contributed by atoms with Crippen LogP contribution in [0.1, 0.15) is 10.4 Å². The van der Waals surface area contributed by atoms with Crippen LogP contribution in [0.25, 0.3) is 0 Å². The minimum atomic E-state index is -0.139. The van der Waals surface area contributed by atoms with Gasteiger partial charge in [-0.05, 0) is 12.1 Å². The molecule has 0 radical (unpaired) electrons. The number of carbonyl (C=O) groups is 1. The van der Waals surface area contributed by atoms with Crippen LogP contribution in [0.5, 0.6) is 0 Å². The molecule has 2 aromatic rings. The number of halogens is 1. The zero-order chi connectivity index (χ0) is 13.0. The Labute approximate surface area is 108 Å². The molecule has 0 amide bonds. The summed E-state index contributed by atoms with van der Waals surface area (Å²) >= 11 is 5.74. The summed E-state index contributed by atoms with van der Waals surface area (Å²) in [4.78, 5) is 12.0. The van der Waals surface area contributed by atoms with Crippen LogP contribution < -0.4 is 5.49 Å². The van der Waals surface area contributed by atoms with Crippen molar-refractivity contribution in [2.75, 3.05) is 0 Å². The quantitative estimate of drug-likeness (QED) is 0.521. The molecule has 0 atom stereocenters. The van der Waals surface area contributed by atoms with Gasteiger partial charge >= 0.3 is 0 Å². The molecular formula is C12H10ClN3O2. The van der Waals surface area contributed by atoms with Crippen molar-refractivity contribution in [3.8, 4) is 0 Å². The number of hydrogen-bond acceptors (Lipinski definition) is 4. The van der Waals surface area contributed by atoms with E-state index in [0.717, 1.165) is 0 Å².